The van der Waals surface area contributed by atoms with Gasteiger partial charge in [-0.15, -0.1) is 10.2 Å². The lowest BCUT2D eigenvalue weighted by Gasteiger charge is -2.02. The van der Waals surface area contributed by atoms with Gasteiger partial charge < -0.3 is 19.0 Å². The van der Waals surface area contributed by atoms with Gasteiger partial charge in [0, 0.05) is 31.6 Å². The third kappa shape index (κ3) is 3.60. The van der Waals surface area contributed by atoms with E-state index in [2.05, 4.69) is 15.5 Å². The van der Waals surface area contributed by atoms with Gasteiger partial charge in [0.25, 0.3) is 11.1 Å². The van der Waals surface area contributed by atoms with Crippen molar-refractivity contribution in [3.63, 3.8) is 0 Å². The van der Waals surface area contributed by atoms with Crippen LogP contribution in [0.1, 0.15) is 0 Å². The van der Waals surface area contributed by atoms with Crippen LogP contribution < -0.4 is 5.32 Å². The molecule has 0 aliphatic carbocycles. The molecule has 0 atom stereocenters. The highest BCUT2D eigenvalue weighted by molar-refractivity contribution is 7.99. The topological polar surface area (TPSA) is 82.2 Å². The molecule has 0 radical (unpaired) electrons. The van der Waals surface area contributed by atoms with Crippen LogP contribution in [-0.4, -0.2) is 46.7 Å². The molecule has 126 valence electrons. The van der Waals surface area contributed by atoms with Gasteiger partial charge in [0.1, 0.15) is 5.69 Å². The van der Waals surface area contributed by atoms with Crippen LogP contribution in [0, 0.1) is 0 Å². The SMILES string of the molecule is COCCNC(=O)CSc1nnc(-c2cc3ccccc3n2C)o1. The largest absolute Gasteiger partial charge is 0.410 e. The number of hydrogen-bond acceptors (Lipinski definition) is 6. The summed E-state index contributed by atoms with van der Waals surface area (Å²) in [6.07, 6.45) is 0. The minimum absolute atomic E-state index is 0.0959. The number of aromatic nitrogens is 3. The fraction of sp³-hybridized carbons (Fsp3) is 0.312. The average Bonchev–Trinajstić information content (AvgIpc) is 3.18. The van der Waals surface area contributed by atoms with Gasteiger partial charge in [-0.05, 0) is 12.1 Å². The summed E-state index contributed by atoms with van der Waals surface area (Å²) in [4.78, 5) is 11.7. The second-order valence-corrected chi connectivity index (χ2v) is 6.08. The predicted molar refractivity (Wildman–Crippen MR) is 91.8 cm³/mol. The van der Waals surface area contributed by atoms with E-state index >= 15 is 0 Å². The molecule has 3 rings (SSSR count). The second kappa shape index (κ2) is 7.50. The van der Waals surface area contributed by atoms with E-state index in [0.29, 0.717) is 24.3 Å². The van der Waals surface area contributed by atoms with Crippen LogP contribution in [0.25, 0.3) is 22.5 Å². The number of ether oxygens (including phenoxy) is 1. The van der Waals surface area contributed by atoms with E-state index in [1.165, 1.54) is 11.8 Å². The number of nitrogens with zero attached hydrogens (tertiary/aromatic N) is 3. The Morgan fingerprint density at radius 3 is 3.00 bits per heavy atom. The Morgan fingerprint density at radius 1 is 1.38 bits per heavy atom. The first kappa shape index (κ1) is 16.5. The highest BCUT2D eigenvalue weighted by atomic mass is 32.2. The number of rotatable bonds is 7. The number of methoxy groups -OCH3 is 1. The zero-order valence-electron chi connectivity index (χ0n) is 13.5. The van der Waals surface area contributed by atoms with Gasteiger partial charge in [-0.3, -0.25) is 4.79 Å². The minimum Gasteiger partial charge on any atom is -0.410 e. The molecule has 0 saturated heterocycles. The number of fused-ring (bicyclic) bond motifs is 1. The average molecular weight is 346 g/mol. The summed E-state index contributed by atoms with van der Waals surface area (Å²) < 4.78 is 12.6. The fourth-order valence-electron chi connectivity index (χ4n) is 2.34. The van der Waals surface area contributed by atoms with Crippen LogP contribution in [0.4, 0.5) is 0 Å². The highest BCUT2D eigenvalue weighted by Gasteiger charge is 2.15. The van der Waals surface area contributed by atoms with Crippen molar-refractivity contribution in [2.75, 3.05) is 26.0 Å². The zero-order valence-corrected chi connectivity index (χ0v) is 14.3. The monoisotopic (exact) mass is 346 g/mol. The molecule has 1 aromatic carbocycles. The summed E-state index contributed by atoms with van der Waals surface area (Å²) in [6, 6.07) is 10.1. The lowest BCUT2D eigenvalue weighted by molar-refractivity contribution is -0.118. The number of para-hydroxylation sites is 1. The van der Waals surface area contributed by atoms with Crippen molar-refractivity contribution in [2.45, 2.75) is 5.22 Å². The van der Waals surface area contributed by atoms with Gasteiger partial charge in [0.05, 0.1) is 12.4 Å². The number of carbonyl (C=O) groups excluding carboxylic acids is 1. The highest BCUT2D eigenvalue weighted by Crippen LogP contribution is 2.28. The van der Waals surface area contributed by atoms with E-state index in [-0.39, 0.29) is 11.7 Å². The Bertz CT molecular complexity index is 843. The molecule has 2 heterocycles. The first-order chi connectivity index (χ1) is 11.7. The van der Waals surface area contributed by atoms with Crippen molar-refractivity contribution in [1.82, 2.24) is 20.1 Å². The molecule has 2 aromatic heterocycles. The third-order valence-corrected chi connectivity index (χ3v) is 4.35. The van der Waals surface area contributed by atoms with E-state index in [9.17, 15) is 4.79 Å². The normalized spacial score (nSPS) is 11.1. The summed E-state index contributed by atoms with van der Waals surface area (Å²) in [5.74, 6) is 0.567. The fourth-order valence-corrected chi connectivity index (χ4v) is 2.93. The molecule has 1 N–H and O–H groups in total. The Labute approximate surface area is 143 Å². The molecule has 7 nitrogen and oxygen atoms in total. The lowest BCUT2D eigenvalue weighted by atomic mass is 10.2. The van der Waals surface area contributed by atoms with Crippen LogP contribution in [0.5, 0.6) is 0 Å². The molecule has 0 spiro atoms. The maximum Gasteiger partial charge on any atom is 0.277 e. The first-order valence-corrected chi connectivity index (χ1v) is 8.44. The molecule has 0 aliphatic rings. The van der Waals surface area contributed by atoms with Crippen molar-refractivity contribution in [3.8, 4) is 11.6 Å². The quantitative estimate of drug-likeness (QED) is 0.521. The molecule has 0 fully saturated rings. The van der Waals surface area contributed by atoms with Crippen LogP contribution in [-0.2, 0) is 16.6 Å². The summed E-state index contributed by atoms with van der Waals surface area (Å²) in [6.45, 7) is 0.975. The van der Waals surface area contributed by atoms with Crippen molar-refractivity contribution in [1.29, 1.82) is 0 Å². The first-order valence-electron chi connectivity index (χ1n) is 7.46. The number of carbonyl (C=O) groups is 1. The van der Waals surface area contributed by atoms with E-state index in [0.717, 1.165) is 16.6 Å². The Hall–Kier alpha value is -2.32. The summed E-state index contributed by atoms with van der Waals surface area (Å²) in [5.41, 5.74) is 1.94. The molecule has 0 saturated carbocycles. The Kier molecular flexibility index (Phi) is 5.17. The van der Waals surface area contributed by atoms with Gasteiger partial charge in [-0.25, -0.2) is 0 Å². The van der Waals surface area contributed by atoms with E-state index in [1.54, 1.807) is 7.11 Å². The van der Waals surface area contributed by atoms with Gasteiger partial charge in [-0.1, -0.05) is 30.0 Å². The molecule has 0 aliphatic heterocycles. The Morgan fingerprint density at radius 2 is 2.21 bits per heavy atom. The number of thioether (sulfide) groups is 1. The van der Waals surface area contributed by atoms with Gasteiger partial charge in [0.15, 0.2) is 0 Å². The molecule has 8 heteroatoms. The smallest absolute Gasteiger partial charge is 0.277 e. The number of amides is 1. The molecule has 24 heavy (non-hydrogen) atoms. The van der Waals surface area contributed by atoms with Crippen molar-refractivity contribution < 1.29 is 13.9 Å². The summed E-state index contributed by atoms with van der Waals surface area (Å²) >= 11 is 1.21. The molecular formula is C16H18N4O3S. The van der Waals surface area contributed by atoms with Crippen LogP contribution in [0.2, 0.25) is 0 Å². The van der Waals surface area contributed by atoms with Gasteiger partial charge in [-0.2, -0.15) is 0 Å². The van der Waals surface area contributed by atoms with E-state index < -0.39 is 0 Å². The number of nitrogens with one attached hydrogen (secondary N) is 1. The van der Waals surface area contributed by atoms with Crippen molar-refractivity contribution in [3.05, 3.63) is 30.3 Å². The van der Waals surface area contributed by atoms with Crippen LogP contribution >= 0.6 is 11.8 Å². The Balaban J connectivity index is 1.66. The molecule has 3 aromatic rings. The van der Waals surface area contributed by atoms with E-state index in [1.807, 2.05) is 41.9 Å². The minimum atomic E-state index is -0.0959. The summed E-state index contributed by atoms with van der Waals surface area (Å²) in [5, 5.41) is 12.3. The summed E-state index contributed by atoms with van der Waals surface area (Å²) in [7, 11) is 3.55. The number of hydrogen-bond donors (Lipinski definition) is 1. The van der Waals surface area contributed by atoms with Crippen LogP contribution in [0.3, 0.4) is 0 Å². The molecule has 1 amide bonds. The van der Waals surface area contributed by atoms with Crippen molar-refractivity contribution >= 4 is 28.6 Å². The predicted octanol–water partition coefficient (Wildman–Crippen LogP) is 2.08. The molecule has 0 unspecified atom stereocenters. The maximum absolute atomic E-state index is 11.7. The number of benzene rings is 1. The third-order valence-electron chi connectivity index (χ3n) is 3.53. The number of aryl methyl sites for hydroxylation is 1. The van der Waals surface area contributed by atoms with E-state index in [4.69, 9.17) is 9.15 Å². The second-order valence-electron chi connectivity index (χ2n) is 5.15. The maximum atomic E-state index is 11.7. The molecule has 0 bridgehead atoms. The molecular weight excluding hydrogens is 328 g/mol. The lowest BCUT2D eigenvalue weighted by Crippen LogP contribution is -2.28. The zero-order chi connectivity index (χ0) is 16.9. The van der Waals surface area contributed by atoms with Gasteiger partial charge >= 0.3 is 0 Å². The van der Waals surface area contributed by atoms with Gasteiger partial charge in [0.2, 0.25) is 5.91 Å². The van der Waals surface area contributed by atoms with Crippen LogP contribution in [0.15, 0.2) is 40.0 Å². The standard InChI is InChI=1S/C16H18N4O3S/c1-20-12-6-4-3-5-11(12)9-13(20)15-18-19-16(23-15)24-10-14(21)17-7-8-22-2/h3-6,9H,7-8,10H2,1-2H3,(H,17,21). The van der Waals surface area contributed by atoms with Crippen molar-refractivity contribution in [2.24, 2.45) is 7.05 Å².